The van der Waals surface area contributed by atoms with E-state index < -0.39 is 0 Å². The Balaban J connectivity index is 1.75. The van der Waals surface area contributed by atoms with E-state index >= 15 is 0 Å². The number of nitrogens with one attached hydrogen (secondary N) is 1. The molecule has 138 valence electrons. The molecule has 2 heterocycles. The van der Waals surface area contributed by atoms with Crippen molar-refractivity contribution >= 4 is 34.7 Å². The van der Waals surface area contributed by atoms with Crippen LogP contribution in [-0.4, -0.2) is 30.1 Å². The zero-order chi connectivity index (χ0) is 19.0. The minimum Gasteiger partial charge on any atom is -0.454 e. The van der Waals surface area contributed by atoms with E-state index in [1.807, 2.05) is 6.92 Å². The number of carbonyl (C=O) groups excluding carboxylic acids is 2. The van der Waals surface area contributed by atoms with Gasteiger partial charge in [-0.1, -0.05) is 30.7 Å². The molecule has 4 rings (SSSR count). The first-order chi connectivity index (χ1) is 13.1. The Bertz CT molecular complexity index is 953. The first-order valence-corrected chi connectivity index (χ1v) is 8.99. The van der Waals surface area contributed by atoms with E-state index in [4.69, 9.17) is 21.1 Å². The minimum atomic E-state index is -0.343. The van der Waals surface area contributed by atoms with Gasteiger partial charge >= 0.3 is 0 Å². The number of halogens is 1. The Hall–Kier alpha value is -2.99. The zero-order valence-corrected chi connectivity index (χ0v) is 15.4. The fourth-order valence-electron chi connectivity index (χ4n) is 3.12. The van der Waals surface area contributed by atoms with Gasteiger partial charge in [0.15, 0.2) is 11.5 Å². The summed E-state index contributed by atoms with van der Waals surface area (Å²) in [5.74, 6) is 0.585. The molecule has 0 unspecified atom stereocenters. The molecule has 6 nitrogen and oxygen atoms in total. The first kappa shape index (κ1) is 17.4. The number of rotatable bonds is 5. The van der Waals surface area contributed by atoms with Gasteiger partial charge in [0.05, 0.1) is 5.57 Å². The topological polar surface area (TPSA) is 67.9 Å². The monoisotopic (exact) mass is 384 g/mol. The molecule has 0 spiro atoms. The second-order valence-corrected chi connectivity index (χ2v) is 6.65. The Morgan fingerprint density at radius 2 is 1.78 bits per heavy atom. The van der Waals surface area contributed by atoms with Gasteiger partial charge < -0.3 is 14.8 Å². The Morgan fingerprint density at radius 1 is 1.04 bits per heavy atom. The summed E-state index contributed by atoms with van der Waals surface area (Å²) in [6.45, 7) is 2.45. The molecule has 0 atom stereocenters. The lowest BCUT2D eigenvalue weighted by Crippen LogP contribution is -2.33. The van der Waals surface area contributed by atoms with Crippen LogP contribution in [-0.2, 0) is 9.59 Å². The summed E-state index contributed by atoms with van der Waals surface area (Å²) in [6.07, 6.45) is 0.683. The van der Waals surface area contributed by atoms with Crippen molar-refractivity contribution in [3.05, 3.63) is 58.7 Å². The minimum absolute atomic E-state index is 0.166. The molecule has 2 aromatic carbocycles. The average molecular weight is 385 g/mol. The zero-order valence-electron chi connectivity index (χ0n) is 14.6. The highest BCUT2D eigenvalue weighted by Gasteiger charge is 2.38. The molecule has 0 bridgehead atoms. The van der Waals surface area contributed by atoms with Crippen LogP contribution in [0.1, 0.15) is 18.9 Å². The third-order valence-electron chi connectivity index (χ3n) is 4.39. The molecule has 0 aromatic heterocycles. The molecule has 0 radical (unpaired) electrons. The van der Waals surface area contributed by atoms with Gasteiger partial charge in [-0.05, 0) is 36.2 Å². The van der Waals surface area contributed by atoms with Crippen molar-refractivity contribution in [2.45, 2.75) is 13.3 Å². The van der Waals surface area contributed by atoms with Gasteiger partial charge in [0.1, 0.15) is 5.70 Å². The van der Waals surface area contributed by atoms with Crippen molar-refractivity contribution in [1.82, 2.24) is 4.90 Å². The quantitative estimate of drug-likeness (QED) is 0.796. The van der Waals surface area contributed by atoms with E-state index in [-0.39, 0.29) is 24.3 Å². The largest absolute Gasteiger partial charge is 0.454 e. The number of ether oxygens (including phenoxy) is 2. The standard InChI is InChI=1S/C20H17ClN2O4/c1-2-9-23-19(24)17(12-3-5-13(21)6-4-12)18(20(23)25)22-14-7-8-15-16(10-14)27-11-26-15/h3-8,10,22H,2,9,11H2,1H3. The van der Waals surface area contributed by atoms with E-state index in [0.717, 1.165) is 0 Å². The van der Waals surface area contributed by atoms with Crippen molar-refractivity contribution in [2.24, 2.45) is 0 Å². The Labute approximate surface area is 161 Å². The first-order valence-electron chi connectivity index (χ1n) is 8.61. The second-order valence-electron chi connectivity index (χ2n) is 6.21. The second kappa shape index (κ2) is 6.96. The Kier molecular flexibility index (Phi) is 4.49. The van der Waals surface area contributed by atoms with E-state index in [1.165, 1.54) is 4.90 Å². The molecular weight excluding hydrogens is 368 g/mol. The molecular formula is C20H17ClN2O4. The predicted molar refractivity (Wildman–Crippen MR) is 102 cm³/mol. The van der Waals surface area contributed by atoms with Gasteiger partial charge in [-0.2, -0.15) is 0 Å². The fraction of sp³-hybridized carbons (Fsp3) is 0.200. The summed E-state index contributed by atoms with van der Waals surface area (Å²) in [4.78, 5) is 27.1. The van der Waals surface area contributed by atoms with Crippen molar-refractivity contribution in [3.63, 3.8) is 0 Å². The summed E-state index contributed by atoms with van der Waals surface area (Å²) in [6, 6.07) is 12.2. The SMILES string of the molecule is CCCN1C(=O)C(Nc2ccc3c(c2)OCO3)=C(c2ccc(Cl)cc2)C1=O. The molecule has 2 aliphatic heterocycles. The Morgan fingerprint density at radius 3 is 2.52 bits per heavy atom. The molecule has 0 aliphatic carbocycles. The molecule has 0 fully saturated rings. The molecule has 0 saturated carbocycles. The average Bonchev–Trinajstić information content (AvgIpc) is 3.21. The van der Waals surface area contributed by atoms with Gasteiger partial charge in [-0.15, -0.1) is 0 Å². The lowest BCUT2D eigenvalue weighted by Gasteiger charge is -2.13. The van der Waals surface area contributed by atoms with Crippen LogP contribution in [0, 0.1) is 0 Å². The summed E-state index contributed by atoms with van der Waals surface area (Å²) < 4.78 is 10.7. The lowest BCUT2D eigenvalue weighted by atomic mass is 10.0. The predicted octanol–water partition coefficient (Wildman–Crippen LogP) is 3.67. The lowest BCUT2D eigenvalue weighted by molar-refractivity contribution is -0.136. The molecule has 2 amide bonds. The number of fused-ring (bicyclic) bond motifs is 1. The van der Waals surface area contributed by atoms with Gasteiger partial charge in [0.2, 0.25) is 6.79 Å². The van der Waals surface area contributed by atoms with E-state index in [9.17, 15) is 9.59 Å². The number of carbonyl (C=O) groups is 2. The highest BCUT2D eigenvalue weighted by molar-refractivity contribution is 6.36. The van der Waals surface area contributed by atoms with Gasteiger partial charge in [0.25, 0.3) is 11.8 Å². The number of hydrogen-bond donors (Lipinski definition) is 1. The maximum atomic E-state index is 12.9. The van der Waals surface area contributed by atoms with Crippen LogP contribution in [0.2, 0.25) is 5.02 Å². The highest BCUT2D eigenvalue weighted by atomic mass is 35.5. The van der Waals surface area contributed by atoms with E-state index in [2.05, 4.69) is 5.32 Å². The third-order valence-corrected chi connectivity index (χ3v) is 4.64. The van der Waals surface area contributed by atoms with Crippen LogP contribution in [0.15, 0.2) is 48.2 Å². The number of nitrogens with zero attached hydrogens (tertiary/aromatic N) is 1. The maximum absolute atomic E-state index is 12.9. The number of hydrogen-bond acceptors (Lipinski definition) is 5. The van der Waals surface area contributed by atoms with Crippen LogP contribution in [0.25, 0.3) is 5.57 Å². The van der Waals surface area contributed by atoms with Crippen LogP contribution >= 0.6 is 11.6 Å². The number of benzene rings is 2. The van der Waals surface area contributed by atoms with Gasteiger partial charge in [-0.25, -0.2) is 0 Å². The van der Waals surface area contributed by atoms with Crippen LogP contribution in [0.5, 0.6) is 11.5 Å². The smallest absolute Gasteiger partial charge is 0.278 e. The summed E-state index contributed by atoms with van der Waals surface area (Å²) in [5.41, 5.74) is 1.86. The van der Waals surface area contributed by atoms with Crippen LogP contribution in [0.3, 0.4) is 0 Å². The summed E-state index contributed by atoms with van der Waals surface area (Å²) in [7, 11) is 0. The normalized spacial score (nSPS) is 15.7. The van der Waals surface area contributed by atoms with E-state index in [1.54, 1.807) is 42.5 Å². The van der Waals surface area contributed by atoms with Crippen molar-refractivity contribution < 1.29 is 19.1 Å². The number of anilines is 1. The summed E-state index contributed by atoms with van der Waals surface area (Å²) >= 11 is 5.96. The highest BCUT2D eigenvalue weighted by Crippen LogP contribution is 2.36. The number of amides is 2. The van der Waals surface area contributed by atoms with Crippen LogP contribution in [0.4, 0.5) is 5.69 Å². The van der Waals surface area contributed by atoms with Crippen molar-refractivity contribution in [2.75, 3.05) is 18.7 Å². The van der Waals surface area contributed by atoms with E-state index in [0.29, 0.717) is 46.3 Å². The van der Waals surface area contributed by atoms with Gasteiger partial charge in [-0.3, -0.25) is 14.5 Å². The van der Waals surface area contributed by atoms with Crippen molar-refractivity contribution in [1.29, 1.82) is 0 Å². The molecule has 27 heavy (non-hydrogen) atoms. The van der Waals surface area contributed by atoms with Crippen LogP contribution < -0.4 is 14.8 Å². The maximum Gasteiger partial charge on any atom is 0.278 e. The molecule has 2 aromatic rings. The van der Waals surface area contributed by atoms with Gasteiger partial charge in [0, 0.05) is 23.3 Å². The number of imide groups is 1. The summed E-state index contributed by atoms with van der Waals surface area (Å²) in [5, 5.41) is 3.66. The third kappa shape index (κ3) is 3.13. The molecule has 1 N–H and O–H groups in total. The fourth-order valence-corrected chi connectivity index (χ4v) is 3.25. The van der Waals surface area contributed by atoms with Crippen molar-refractivity contribution in [3.8, 4) is 11.5 Å². The molecule has 0 saturated heterocycles. The molecule has 7 heteroatoms. The molecule has 2 aliphatic rings.